The molecule has 2 heterocycles. The molecule has 1 saturated carbocycles. The average molecular weight is 374 g/mol. The lowest BCUT2D eigenvalue weighted by molar-refractivity contribution is -0.117. The Morgan fingerprint density at radius 1 is 1.39 bits per heavy atom. The maximum absolute atomic E-state index is 12.3. The van der Waals surface area contributed by atoms with Crippen LogP contribution in [0.25, 0.3) is 11.0 Å². The third kappa shape index (κ3) is 3.18. The Hall–Kier alpha value is -3.40. The maximum atomic E-state index is 12.3. The van der Waals surface area contributed by atoms with E-state index < -0.39 is 0 Å². The van der Waals surface area contributed by atoms with Crippen molar-refractivity contribution in [2.24, 2.45) is 13.0 Å². The van der Waals surface area contributed by atoms with Crippen LogP contribution in [0, 0.1) is 17.2 Å². The minimum absolute atomic E-state index is 0.00637. The minimum atomic E-state index is 0.00637. The van der Waals surface area contributed by atoms with Crippen LogP contribution < -0.4 is 10.2 Å². The lowest BCUT2D eigenvalue weighted by Gasteiger charge is -2.22. The molecular weight excluding hydrogens is 352 g/mol. The largest absolute Gasteiger partial charge is 0.334 e. The second kappa shape index (κ2) is 6.97. The number of nitrogens with zero attached hydrogens (tertiary/aromatic N) is 5. The Kier molecular flexibility index (Phi) is 4.47. The summed E-state index contributed by atoms with van der Waals surface area (Å²) in [6, 6.07) is 9.81. The third-order valence-corrected chi connectivity index (χ3v) is 5.18. The van der Waals surface area contributed by atoms with Crippen LogP contribution in [0.2, 0.25) is 0 Å². The Morgan fingerprint density at radius 3 is 2.86 bits per heavy atom. The summed E-state index contributed by atoms with van der Waals surface area (Å²) in [5.74, 6) is 1.30. The van der Waals surface area contributed by atoms with E-state index >= 15 is 0 Å². The van der Waals surface area contributed by atoms with Gasteiger partial charge >= 0.3 is 0 Å². The summed E-state index contributed by atoms with van der Waals surface area (Å²) in [6.45, 7) is 2.06. The summed E-state index contributed by atoms with van der Waals surface area (Å²) in [7, 11) is 3.86. The predicted octanol–water partition coefficient (Wildman–Crippen LogP) is 3.52. The zero-order valence-corrected chi connectivity index (χ0v) is 16.2. The molecule has 28 heavy (non-hydrogen) atoms. The topological polar surface area (TPSA) is 86.8 Å². The zero-order chi connectivity index (χ0) is 19.8. The number of fused-ring (bicyclic) bond motifs is 1. The second-order valence-corrected chi connectivity index (χ2v) is 7.18. The number of rotatable bonds is 5. The van der Waals surface area contributed by atoms with Crippen molar-refractivity contribution in [3.05, 3.63) is 41.7 Å². The van der Waals surface area contributed by atoms with Gasteiger partial charge in [-0.1, -0.05) is 6.92 Å². The molecule has 0 unspecified atom stereocenters. The Bertz CT molecular complexity index is 1110. The highest BCUT2D eigenvalue weighted by Gasteiger charge is 2.30. The number of aryl methyl sites for hydroxylation is 2. The molecule has 0 aliphatic heterocycles. The van der Waals surface area contributed by atoms with Gasteiger partial charge in [0, 0.05) is 31.8 Å². The minimum Gasteiger partial charge on any atom is -0.334 e. The molecule has 3 aromatic rings. The SMILES string of the molecule is CCc1cc(C#N)ccc1N(C)c1cc2c(ncn2C)c(NC(=O)C2CC2)n1. The molecule has 1 aromatic carbocycles. The van der Waals surface area contributed by atoms with Crippen LogP contribution in [0.5, 0.6) is 0 Å². The van der Waals surface area contributed by atoms with E-state index in [0.717, 1.165) is 36.0 Å². The standard InChI is InChI=1S/C21H22N6O/c1-4-14-9-13(11-22)5-8-16(14)27(3)18-10-17-19(23-12-26(17)2)20(24-18)25-21(28)15-6-7-15/h5,8-10,12,15H,4,6-7H2,1-3H3,(H,24,25,28). The summed E-state index contributed by atoms with van der Waals surface area (Å²) < 4.78 is 1.92. The first kappa shape index (κ1) is 18.0. The Morgan fingerprint density at radius 2 is 2.18 bits per heavy atom. The quantitative estimate of drug-likeness (QED) is 0.738. The van der Waals surface area contributed by atoms with Gasteiger partial charge in [0.25, 0.3) is 0 Å². The van der Waals surface area contributed by atoms with Crippen molar-refractivity contribution in [2.75, 3.05) is 17.3 Å². The van der Waals surface area contributed by atoms with Crippen molar-refractivity contribution < 1.29 is 4.79 Å². The first-order valence-electron chi connectivity index (χ1n) is 9.41. The number of carbonyl (C=O) groups excluding carboxylic acids is 1. The number of carbonyl (C=O) groups is 1. The van der Waals surface area contributed by atoms with Gasteiger partial charge in [0.2, 0.25) is 5.91 Å². The number of aromatic nitrogens is 3. The zero-order valence-electron chi connectivity index (χ0n) is 16.2. The van der Waals surface area contributed by atoms with Crippen LogP contribution in [-0.4, -0.2) is 27.5 Å². The normalized spacial score (nSPS) is 13.4. The number of hydrogen-bond acceptors (Lipinski definition) is 5. The first-order chi connectivity index (χ1) is 13.5. The van der Waals surface area contributed by atoms with Crippen LogP contribution in [0.4, 0.5) is 17.3 Å². The van der Waals surface area contributed by atoms with E-state index in [9.17, 15) is 10.1 Å². The average Bonchev–Trinajstić information content (AvgIpc) is 3.50. The molecule has 0 bridgehead atoms. The number of amides is 1. The number of nitrogens with one attached hydrogen (secondary N) is 1. The predicted molar refractivity (Wildman–Crippen MR) is 108 cm³/mol. The summed E-state index contributed by atoms with van der Waals surface area (Å²) in [4.78, 5) is 23.4. The van der Waals surface area contributed by atoms with Gasteiger partial charge in [-0.05, 0) is 43.0 Å². The smallest absolute Gasteiger partial charge is 0.228 e. The van der Waals surface area contributed by atoms with E-state index in [1.165, 1.54) is 0 Å². The fourth-order valence-electron chi connectivity index (χ4n) is 3.33. The van der Waals surface area contributed by atoms with Crippen molar-refractivity contribution in [2.45, 2.75) is 26.2 Å². The molecule has 4 rings (SSSR count). The molecule has 1 aliphatic rings. The number of pyridine rings is 1. The van der Waals surface area contributed by atoms with Crippen molar-refractivity contribution in [3.63, 3.8) is 0 Å². The van der Waals surface area contributed by atoms with E-state index in [4.69, 9.17) is 4.98 Å². The van der Waals surface area contributed by atoms with E-state index in [0.29, 0.717) is 22.7 Å². The Balaban J connectivity index is 1.78. The molecule has 2 aromatic heterocycles. The molecule has 7 nitrogen and oxygen atoms in total. The lowest BCUT2D eigenvalue weighted by atomic mass is 10.1. The van der Waals surface area contributed by atoms with Gasteiger partial charge in [-0.25, -0.2) is 9.97 Å². The highest BCUT2D eigenvalue weighted by Crippen LogP contribution is 2.33. The first-order valence-corrected chi connectivity index (χ1v) is 9.41. The van der Waals surface area contributed by atoms with E-state index in [2.05, 4.69) is 23.3 Å². The molecule has 1 amide bonds. The second-order valence-electron chi connectivity index (χ2n) is 7.18. The third-order valence-electron chi connectivity index (χ3n) is 5.18. The fourth-order valence-corrected chi connectivity index (χ4v) is 3.33. The fraction of sp³-hybridized carbons (Fsp3) is 0.333. The number of nitriles is 1. The molecule has 1 fully saturated rings. The lowest BCUT2D eigenvalue weighted by Crippen LogP contribution is -2.18. The van der Waals surface area contributed by atoms with E-state index in [-0.39, 0.29) is 11.8 Å². The van der Waals surface area contributed by atoms with Gasteiger partial charge in [0.05, 0.1) is 23.5 Å². The van der Waals surface area contributed by atoms with Gasteiger partial charge in [-0.2, -0.15) is 5.26 Å². The van der Waals surface area contributed by atoms with Crippen LogP contribution in [0.3, 0.4) is 0 Å². The van der Waals surface area contributed by atoms with Gasteiger partial charge < -0.3 is 14.8 Å². The van der Waals surface area contributed by atoms with Gasteiger partial charge in [0.15, 0.2) is 5.82 Å². The summed E-state index contributed by atoms with van der Waals surface area (Å²) in [5, 5.41) is 12.1. The number of imidazole rings is 1. The van der Waals surface area contributed by atoms with Crippen LogP contribution in [-0.2, 0) is 18.3 Å². The van der Waals surface area contributed by atoms with Crippen molar-refractivity contribution in [1.29, 1.82) is 5.26 Å². The summed E-state index contributed by atoms with van der Waals surface area (Å²) in [5.41, 5.74) is 4.27. The summed E-state index contributed by atoms with van der Waals surface area (Å²) >= 11 is 0. The molecule has 7 heteroatoms. The number of benzene rings is 1. The monoisotopic (exact) mass is 374 g/mol. The van der Waals surface area contributed by atoms with E-state index in [1.807, 2.05) is 47.8 Å². The van der Waals surface area contributed by atoms with Crippen molar-refractivity contribution >= 4 is 34.3 Å². The number of anilines is 3. The molecule has 0 saturated heterocycles. The van der Waals surface area contributed by atoms with Gasteiger partial charge in [0.1, 0.15) is 11.3 Å². The van der Waals surface area contributed by atoms with Gasteiger partial charge in [-0.15, -0.1) is 0 Å². The molecule has 0 radical (unpaired) electrons. The highest BCUT2D eigenvalue weighted by atomic mass is 16.2. The molecule has 0 atom stereocenters. The molecule has 142 valence electrons. The van der Waals surface area contributed by atoms with Crippen molar-refractivity contribution in [1.82, 2.24) is 14.5 Å². The van der Waals surface area contributed by atoms with Crippen LogP contribution in [0.1, 0.15) is 30.9 Å². The highest BCUT2D eigenvalue weighted by molar-refractivity contribution is 6.00. The molecule has 1 N–H and O–H groups in total. The van der Waals surface area contributed by atoms with Crippen LogP contribution >= 0.6 is 0 Å². The molecule has 0 spiro atoms. The summed E-state index contributed by atoms with van der Waals surface area (Å²) in [6.07, 6.45) is 4.39. The van der Waals surface area contributed by atoms with Gasteiger partial charge in [-0.3, -0.25) is 4.79 Å². The van der Waals surface area contributed by atoms with Crippen molar-refractivity contribution in [3.8, 4) is 6.07 Å². The van der Waals surface area contributed by atoms with Crippen LogP contribution in [0.15, 0.2) is 30.6 Å². The molecule has 1 aliphatic carbocycles. The number of hydrogen-bond donors (Lipinski definition) is 1. The van der Waals surface area contributed by atoms with E-state index in [1.54, 1.807) is 6.33 Å². The maximum Gasteiger partial charge on any atom is 0.228 e. The molecular formula is C21H22N6O. The Labute approximate surface area is 163 Å².